The summed E-state index contributed by atoms with van der Waals surface area (Å²) in [7, 11) is 2.71. The fraction of sp³-hybridized carbons (Fsp3) is 0.400. The molecule has 1 aromatic heterocycles. The number of aromatic nitrogens is 1. The van der Waals surface area contributed by atoms with Crippen LogP contribution >= 0.6 is 21.0 Å². The van der Waals surface area contributed by atoms with Crippen molar-refractivity contribution in [3.05, 3.63) is 129 Å². The number of rotatable bonds is 8. The van der Waals surface area contributed by atoms with E-state index in [4.69, 9.17) is 19.9 Å². The number of ether oxygens (including phenoxy) is 1. The molecule has 11 nitrogen and oxygen atoms in total. The van der Waals surface area contributed by atoms with E-state index in [0.717, 1.165) is 32.6 Å². The third-order valence-corrected chi connectivity index (χ3v) is 11.1. The van der Waals surface area contributed by atoms with Gasteiger partial charge in [0, 0.05) is 55.8 Å². The molecule has 0 radical (unpaired) electrons. The first kappa shape index (κ1) is 50.4. The predicted octanol–water partition coefficient (Wildman–Crippen LogP) is 6.91. The van der Waals surface area contributed by atoms with Crippen molar-refractivity contribution in [2.24, 2.45) is 0 Å². The van der Waals surface area contributed by atoms with Crippen molar-refractivity contribution in [3.8, 4) is 6.07 Å². The second-order valence-electron chi connectivity index (χ2n) is 14.1. The molecule has 3 aromatic carbocycles. The number of benzene rings is 3. The van der Waals surface area contributed by atoms with E-state index in [2.05, 4.69) is 70.5 Å². The lowest BCUT2D eigenvalue weighted by atomic mass is 9.87. The van der Waals surface area contributed by atoms with Crippen LogP contribution in [0.4, 0.5) is 13.2 Å². The first-order chi connectivity index (χ1) is 29.0. The monoisotopic (exact) mass is 881 g/mol. The highest BCUT2D eigenvalue weighted by Crippen LogP contribution is 2.34. The van der Waals surface area contributed by atoms with Gasteiger partial charge in [0.1, 0.15) is 5.56 Å². The number of alkyl halides is 3. The number of nitrogens with zero attached hydrogens (tertiary/aromatic N) is 5. The Morgan fingerprint density at radius 2 is 1.44 bits per heavy atom. The molecule has 1 unspecified atom stereocenters. The maximum atomic E-state index is 14.2. The lowest BCUT2D eigenvalue weighted by Crippen LogP contribution is -2.53. The van der Waals surface area contributed by atoms with Crippen molar-refractivity contribution in [2.75, 3.05) is 65.3 Å². The Morgan fingerprint density at radius 3 is 1.98 bits per heavy atom. The van der Waals surface area contributed by atoms with Gasteiger partial charge in [-0.15, -0.1) is 21.0 Å². The van der Waals surface area contributed by atoms with Gasteiger partial charge in [0.2, 0.25) is 5.91 Å². The summed E-state index contributed by atoms with van der Waals surface area (Å²) in [6, 6.07) is 29.6. The Hall–Kier alpha value is -5.00. The molecular weight excluding hydrogens is 827 g/mol. The minimum absolute atomic E-state index is 0.0183. The Kier molecular flexibility index (Phi) is 20.2. The van der Waals surface area contributed by atoms with E-state index in [1.807, 2.05) is 68.3 Å². The van der Waals surface area contributed by atoms with Crippen LogP contribution < -0.4 is 10.9 Å². The van der Waals surface area contributed by atoms with Crippen LogP contribution in [0.5, 0.6) is 0 Å². The van der Waals surface area contributed by atoms with Crippen LogP contribution in [0.15, 0.2) is 94.6 Å². The van der Waals surface area contributed by atoms with Gasteiger partial charge in [-0.3, -0.25) is 19.3 Å². The molecule has 4 aromatic rings. The van der Waals surface area contributed by atoms with Gasteiger partial charge in [-0.05, 0) is 66.9 Å². The highest BCUT2D eigenvalue weighted by Gasteiger charge is 2.38. The topological polar surface area (TPSA) is 136 Å². The number of morpholine rings is 1. The Morgan fingerprint density at radius 1 is 0.869 bits per heavy atom. The van der Waals surface area contributed by atoms with E-state index in [1.54, 1.807) is 33.4 Å². The third kappa shape index (κ3) is 14.8. The molecule has 16 heteroatoms. The highest BCUT2D eigenvalue weighted by molar-refractivity contribution is 7.98. The van der Waals surface area contributed by atoms with Crippen molar-refractivity contribution >= 4 is 44.1 Å². The van der Waals surface area contributed by atoms with Crippen molar-refractivity contribution in [3.63, 3.8) is 0 Å². The number of amides is 2. The summed E-state index contributed by atoms with van der Waals surface area (Å²) in [6.07, 6.45) is -3.09. The van der Waals surface area contributed by atoms with E-state index in [-0.39, 0.29) is 34.9 Å². The number of thioether (sulfide) groups is 1. The number of carboxylic acid groups (broad SMARTS) is 1. The number of carbonyl (C=O) groups is 3. The molecule has 2 amide bonds. The molecule has 0 bridgehead atoms. The number of hydrogen-bond donors (Lipinski definition) is 1. The molecule has 1 N–H and O–H groups in total. The summed E-state index contributed by atoms with van der Waals surface area (Å²) in [4.78, 5) is 56.3. The number of aryl methyl sites for hydroxylation is 2. The van der Waals surface area contributed by atoms with Gasteiger partial charge < -0.3 is 24.2 Å². The number of carbonyl (C=O) groups excluding carboxylic acids is 2. The molecule has 2 saturated heterocycles. The summed E-state index contributed by atoms with van der Waals surface area (Å²) in [5, 5.41) is 16.7. The zero-order valence-electron chi connectivity index (χ0n) is 35.4. The lowest BCUT2D eigenvalue weighted by molar-refractivity contribution is -0.192. The Bertz CT molecular complexity index is 2150. The zero-order chi connectivity index (χ0) is 45.3. The molecule has 0 spiro atoms. The molecule has 328 valence electrons. The molecule has 3 heterocycles. The molecule has 6 rings (SSSR count). The number of halogens is 3. The van der Waals surface area contributed by atoms with E-state index < -0.39 is 12.1 Å². The summed E-state index contributed by atoms with van der Waals surface area (Å²) < 4.78 is 38.9. The molecule has 2 fully saturated rings. The number of hydrogen-bond acceptors (Lipinski definition) is 8. The molecule has 0 aliphatic carbocycles. The number of piperazine rings is 1. The smallest absolute Gasteiger partial charge is 0.475 e. The van der Waals surface area contributed by atoms with Gasteiger partial charge in [-0.2, -0.15) is 18.4 Å². The van der Waals surface area contributed by atoms with Crippen LogP contribution in [0.3, 0.4) is 0 Å². The number of aliphatic carboxylic acids is 1. The van der Waals surface area contributed by atoms with E-state index in [0.29, 0.717) is 59.0 Å². The molecule has 2 aliphatic heterocycles. The average Bonchev–Trinajstić information content (AvgIpc) is 3.26. The number of nitriles is 1. The van der Waals surface area contributed by atoms with Crippen LogP contribution in [-0.2, 0) is 14.3 Å². The van der Waals surface area contributed by atoms with Crippen molar-refractivity contribution in [1.82, 2.24) is 19.3 Å². The summed E-state index contributed by atoms with van der Waals surface area (Å²) >= 11 is 1.65. The SMILES string of the molecule is CC.CSc1cccc(C#N)c1.Cc1ccc([C@@H](C)[C@H](c2ccc(P)cc2)n2c(C)ccc(C(=O)N3CCN(CC(=O)N4CCOCC4)CC3)c2=O)cc1.O=C(O)C(F)(F)F. The van der Waals surface area contributed by atoms with Crippen molar-refractivity contribution < 1.29 is 37.4 Å². The quantitative estimate of drug-likeness (QED) is 0.148. The van der Waals surface area contributed by atoms with Crippen molar-refractivity contribution in [2.45, 2.75) is 57.7 Å². The van der Waals surface area contributed by atoms with Crippen molar-refractivity contribution in [1.29, 1.82) is 5.26 Å². The van der Waals surface area contributed by atoms with Gasteiger partial charge in [-0.1, -0.05) is 80.9 Å². The largest absolute Gasteiger partial charge is 0.490 e. The number of pyridine rings is 1. The van der Waals surface area contributed by atoms with E-state index in [1.165, 1.54) is 5.56 Å². The third-order valence-electron chi connectivity index (χ3n) is 10.0. The fourth-order valence-electron chi connectivity index (χ4n) is 6.64. The van der Waals surface area contributed by atoms with Gasteiger partial charge in [0.25, 0.3) is 11.5 Å². The van der Waals surface area contributed by atoms with Gasteiger partial charge in [-0.25, -0.2) is 4.79 Å². The normalized spacial score (nSPS) is 15.0. The molecule has 2 aliphatic rings. The second kappa shape index (κ2) is 24.4. The zero-order valence-corrected chi connectivity index (χ0v) is 37.4. The summed E-state index contributed by atoms with van der Waals surface area (Å²) in [6.45, 7) is 15.0. The van der Waals surface area contributed by atoms with Gasteiger partial charge in [0.05, 0.1) is 37.4 Å². The van der Waals surface area contributed by atoms with E-state index >= 15 is 0 Å². The minimum atomic E-state index is -5.08. The van der Waals surface area contributed by atoms with Crippen LogP contribution in [0, 0.1) is 25.2 Å². The summed E-state index contributed by atoms with van der Waals surface area (Å²) in [5.41, 5.74) is 4.77. The molecule has 61 heavy (non-hydrogen) atoms. The predicted molar refractivity (Wildman–Crippen MR) is 237 cm³/mol. The van der Waals surface area contributed by atoms with Crippen LogP contribution in [-0.4, -0.2) is 114 Å². The maximum Gasteiger partial charge on any atom is 0.490 e. The van der Waals surface area contributed by atoms with Crippen LogP contribution in [0.1, 0.15) is 71.0 Å². The van der Waals surface area contributed by atoms with E-state index in [9.17, 15) is 27.6 Å². The second-order valence-corrected chi connectivity index (χ2v) is 15.6. The average molecular weight is 882 g/mol. The minimum Gasteiger partial charge on any atom is -0.475 e. The highest BCUT2D eigenvalue weighted by atomic mass is 32.2. The first-order valence-corrected chi connectivity index (χ1v) is 21.7. The Balaban J connectivity index is 0.000000432. The van der Waals surface area contributed by atoms with Crippen LogP contribution in [0.25, 0.3) is 0 Å². The number of carboxylic acids is 1. The Labute approximate surface area is 362 Å². The fourth-order valence-corrected chi connectivity index (χ4v) is 7.29. The lowest BCUT2D eigenvalue weighted by Gasteiger charge is -2.36. The molecule has 3 atom stereocenters. The standard InChI is InChI=1S/C33H41N4O4P.C8H7NS.C2HF3O2.C2H6/c1-23-4-7-26(8-5-23)25(3)31(27-9-11-28(42)12-10-27)37-24(2)6-13-29(33(37)40)32(39)36-16-14-34(15-17-36)22-30(38)35-18-20-41-21-19-35;1-10-8-4-2-3-7(5-8)6-9;3-2(4,5)1(6)7;1-2/h4-13,25,31H,14-22,42H2,1-3H3;2-5H,1H3;(H,6,7);1-2H3/t25-,31-;;;/m1.../s1. The molecular formula is C45H55F3N5O6PS. The van der Waals surface area contributed by atoms with Crippen LogP contribution in [0.2, 0.25) is 0 Å². The first-order valence-electron chi connectivity index (χ1n) is 19.9. The molecule has 0 saturated carbocycles. The summed E-state index contributed by atoms with van der Waals surface area (Å²) in [5.74, 6) is -2.93. The van der Waals surface area contributed by atoms with Gasteiger partial charge in [0.15, 0.2) is 0 Å². The maximum absolute atomic E-state index is 14.2. The van der Waals surface area contributed by atoms with Gasteiger partial charge >= 0.3 is 12.1 Å².